The van der Waals surface area contributed by atoms with Gasteiger partial charge in [-0.15, -0.1) is 0 Å². The molecule has 0 fully saturated rings. The second-order valence-electron chi connectivity index (χ2n) is 4.02. The molecule has 2 aromatic heterocycles. The molecule has 90 valence electrons. The van der Waals surface area contributed by atoms with E-state index in [2.05, 4.69) is 54.0 Å². The number of halogens is 2. The molecule has 0 N–H and O–H groups in total. The number of rotatable bonds is 2. The zero-order valence-electron chi connectivity index (χ0n) is 9.53. The molecule has 0 aliphatic heterocycles. The lowest BCUT2D eigenvalue weighted by molar-refractivity contribution is 1.28. The number of aromatic nitrogens is 2. The molecule has 18 heavy (non-hydrogen) atoms. The van der Waals surface area contributed by atoms with E-state index in [0.29, 0.717) is 0 Å². The quantitative estimate of drug-likeness (QED) is 0.491. The minimum Gasteiger partial charge on any atom is -0.256 e. The fourth-order valence-electron chi connectivity index (χ4n) is 2.30. The number of benzene rings is 1. The van der Waals surface area contributed by atoms with Crippen LogP contribution in [0.2, 0.25) is 0 Å². The molecular formula is C14H10Br2N2. The SMILES string of the molecule is BrCc1c(CBr)c2ncccc2c2cccnc12. The molecule has 0 spiro atoms. The second kappa shape index (κ2) is 4.94. The first-order valence-electron chi connectivity index (χ1n) is 5.62. The highest BCUT2D eigenvalue weighted by atomic mass is 79.9. The normalized spacial score (nSPS) is 11.2. The molecule has 0 saturated heterocycles. The summed E-state index contributed by atoms with van der Waals surface area (Å²) < 4.78 is 0. The standard InChI is InChI=1S/C14H10Br2N2/c15-7-11-12(8-16)14-10(4-2-6-18-14)9-3-1-5-17-13(9)11/h1-6H,7-8H2. The van der Waals surface area contributed by atoms with Crippen molar-refractivity contribution in [2.75, 3.05) is 0 Å². The molecule has 0 saturated carbocycles. The summed E-state index contributed by atoms with van der Waals surface area (Å²) in [6.45, 7) is 0. The smallest absolute Gasteiger partial charge is 0.0753 e. The minimum absolute atomic E-state index is 0.786. The number of hydrogen-bond donors (Lipinski definition) is 0. The van der Waals surface area contributed by atoms with E-state index < -0.39 is 0 Å². The van der Waals surface area contributed by atoms with Crippen LogP contribution in [0.3, 0.4) is 0 Å². The van der Waals surface area contributed by atoms with E-state index in [1.807, 2.05) is 24.5 Å². The Morgan fingerprint density at radius 1 is 0.778 bits per heavy atom. The van der Waals surface area contributed by atoms with E-state index >= 15 is 0 Å². The van der Waals surface area contributed by atoms with Crippen molar-refractivity contribution in [2.45, 2.75) is 10.7 Å². The van der Waals surface area contributed by atoms with Crippen LogP contribution in [0, 0.1) is 0 Å². The van der Waals surface area contributed by atoms with Gasteiger partial charge in [-0.3, -0.25) is 9.97 Å². The Kier molecular flexibility index (Phi) is 3.31. The van der Waals surface area contributed by atoms with E-state index in [1.54, 1.807) is 0 Å². The van der Waals surface area contributed by atoms with Crippen molar-refractivity contribution in [3.8, 4) is 0 Å². The van der Waals surface area contributed by atoms with Crippen molar-refractivity contribution < 1.29 is 0 Å². The van der Waals surface area contributed by atoms with Crippen LogP contribution in [0.15, 0.2) is 36.7 Å². The first-order valence-corrected chi connectivity index (χ1v) is 7.86. The minimum atomic E-state index is 0.786. The maximum atomic E-state index is 4.53. The molecule has 0 bridgehead atoms. The van der Waals surface area contributed by atoms with E-state index in [-0.39, 0.29) is 0 Å². The highest BCUT2D eigenvalue weighted by Crippen LogP contribution is 2.32. The van der Waals surface area contributed by atoms with Crippen molar-refractivity contribution in [1.82, 2.24) is 9.97 Å². The second-order valence-corrected chi connectivity index (χ2v) is 5.14. The van der Waals surface area contributed by atoms with Crippen LogP contribution in [0.5, 0.6) is 0 Å². The zero-order chi connectivity index (χ0) is 12.5. The van der Waals surface area contributed by atoms with Crippen LogP contribution in [0.4, 0.5) is 0 Å². The summed E-state index contributed by atoms with van der Waals surface area (Å²) in [5, 5.41) is 3.90. The predicted octanol–water partition coefficient (Wildman–Crippen LogP) is 4.57. The van der Waals surface area contributed by atoms with Crippen molar-refractivity contribution in [1.29, 1.82) is 0 Å². The van der Waals surface area contributed by atoms with Crippen molar-refractivity contribution >= 4 is 53.7 Å². The molecule has 0 aliphatic rings. The molecule has 3 aromatic rings. The predicted molar refractivity (Wildman–Crippen MR) is 82.3 cm³/mol. The lowest BCUT2D eigenvalue weighted by Crippen LogP contribution is -1.96. The number of alkyl halides is 2. The van der Waals surface area contributed by atoms with Gasteiger partial charge in [-0.25, -0.2) is 0 Å². The molecule has 0 unspecified atom stereocenters. The molecule has 2 heterocycles. The number of nitrogens with zero attached hydrogens (tertiary/aromatic N) is 2. The Morgan fingerprint density at radius 3 is 1.61 bits per heavy atom. The van der Waals surface area contributed by atoms with Gasteiger partial charge < -0.3 is 0 Å². The van der Waals surface area contributed by atoms with Crippen molar-refractivity contribution in [3.05, 3.63) is 47.8 Å². The Hall–Kier alpha value is -1.00. The molecule has 4 heteroatoms. The van der Waals surface area contributed by atoms with E-state index in [1.165, 1.54) is 21.9 Å². The fourth-order valence-corrected chi connectivity index (χ4v) is 3.51. The molecule has 2 nitrogen and oxygen atoms in total. The highest BCUT2D eigenvalue weighted by Gasteiger charge is 2.13. The van der Waals surface area contributed by atoms with Gasteiger partial charge in [0.1, 0.15) is 0 Å². The van der Waals surface area contributed by atoms with Gasteiger partial charge in [0.2, 0.25) is 0 Å². The lowest BCUT2D eigenvalue weighted by Gasteiger charge is -2.12. The summed E-state index contributed by atoms with van der Waals surface area (Å²) in [4.78, 5) is 9.06. The van der Waals surface area contributed by atoms with Gasteiger partial charge >= 0.3 is 0 Å². The van der Waals surface area contributed by atoms with E-state index in [9.17, 15) is 0 Å². The molecule has 0 radical (unpaired) electrons. The number of pyridine rings is 2. The third-order valence-corrected chi connectivity index (χ3v) is 4.23. The zero-order valence-corrected chi connectivity index (χ0v) is 12.7. The molecule has 0 amide bonds. The average molecular weight is 366 g/mol. The van der Waals surface area contributed by atoms with Gasteiger partial charge in [0.15, 0.2) is 0 Å². The Morgan fingerprint density at radius 2 is 1.22 bits per heavy atom. The van der Waals surface area contributed by atoms with E-state index in [0.717, 1.165) is 21.7 Å². The first kappa shape index (κ1) is 12.1. The molecular weight excluding hydrogens is 356 g/mol. The van der Waals surface area contributed by atoms with Crippen LogP contribution in [0.25, 0.3) is 21.8 Å². The van der Waals surface area contributed by atoms with Crippen molar-refractivity contribution in [3.63, 3.8) is 0 Å². The Bertz CT molecular complexity index is 663. The van der Waals surface area contributed by atoms with Gasteiger partial charge in [0.05, 0.1) is 11.0 Å². The number of hydrogen-bond acceptors (Lipinski definition) is 2. The highest BCUT2D eigenvalue weighted by molar-refractivity contribution is 9.09. The summed E-state index contributed by atoms with van der Waals surface area (Å²) in [7, 11) is 0. The van der Waals surface area contributed by atoms with Crippen LogP contribution >= 0.6 is 31.9 Å². The lowest BCUT2D eigenvalue weighted by atomic mass is 9.99. The molecule has 1 aromatic carbocycles. The Labute approximate surface area is 122 Å². The number of fused-ring (bicyclic) bond motifs is 3. The summed E-state index contributed by atoms with van der Waals surface area (Å²) in [6.07, 6.45) is 3.68. The van der Waals surface area contributed by atoms with Gasteiger partial charge in [-0.2, -0.15) is 0 Å². The van der Waals surface area contributed by atoms with Gasteiger partial charge in [-0.1, -0.05) is 44.0 Å². The van der Waals surface area contributed by atoms with E-state index in [4.69, 9.17) is 0 Å². The van der Waals surface area contributed by atoms with Crippen LogP contribution in [0.1, 0.15) is 11.1 Å². The third-order valence-electron chi connectivity index (χ3n) is 3.11. The first-order chi connectivity index (χ1) is 8.86. The Balaban J connectivity index is 2.61. The van der Waals surface area contributed by atoms with Crippen LogP contribution in [-0.2, 0) is 10.7 Å². The van der Waals surface area contributed by atoms with Crippen molar-refractivity contribution in [2.24, 2.45) is 0 Å². The van der Waals surface area contributed by atoms with Crippen LogP contribution in [-0.4, -0.2) is 9.97 Å². The maximum Gasteiger partial charge on any atom is 0.0753 e. The van der Waals surface area contributed by atoms with Gasteiger partial charge in [0.25, 0.3) is 0 Å². The summed E-state index contributed by atoms with van der Waals surface area (Å²) in [5.41, 5.74) is 4.55. The maximum absolute atomic E-state index is 4.53. The monoisotopic (exact) mass is 364 g/mol. The third kappa shape index (κ3) is 1.75. The average Bonchev–Trinajstić information content (AvgIpc) is 2.45. The van der Waals surface area contributed by atoms with Crippen LogP contribution < -0.4 is 0 Å². The molecule has 3 rings (SSSR count). The summed E-state index contributed by atoms with van der Waals surface area (Å²) in [5.74, 6) is 0. The molecule has 0 aliphatic carbocycles. The largest absolute Gasteiger partial charge is 0.256 e. The fraction of sp³-hybridized carbons (Fsp3) is 0.143. The van der Waals surface area contributed by atoms with Gasteiger partial charge in [-0.05, 0) is 23.3 Å². The molecule has 0 atom stereocenters. The summed E-state index contributed by atoms with van der Waals surface area (Å²) >= 11 is 7.13. The topological polar surface area (TPSA) is 25.8 Å². The summed E-state index contributed by atoms with van der Waals surface area (Å²) in [6, 6.07) is 8.16. The van der Waals surface area contributed by atoms with Gasteiger partial charge in [0, 0.05) is 33.8 Å².